The van der Waals surface area contributed by atoms with Crippen molar-refractivity contribution in [2.75, 3.05) is 5.32 Å². The largest absolute Gasteiger partial charge is 0.307 e. The SMILES string of the molecule is CC=CC=CC(=O)Nc1cc(Br)ccn1. The molecule has 78 valence electrons. The Morgan fingerprint density at radius 2 is 2.33 bits per heavy atom. The number of carbonyl (C=O) groups is 1. The molecule has 0 spiro atoms. The van der Waals surface area contributed by atoms with Gasteiger partial charge in [-0.3, -0.25) is 4.79 Å². The van der Waals surface area contributed by atoms with Crippen LogP contribution in [-0.4, -0.2) is 10.9 Å². The van der Waals surface area contributed by atoms with Crippen LogP contribution in [0.2, 0.25) is 0 Å². The van der Waals surface area contributed by atoms with Crippen LogP contribution in [0.3, 0.4) is 0 Å². The summed E-state index contributed by atoms with van der Waals surface area (Å²) in [6, 6.07) is 3.53. The third kappa shape index (κ3) is 4.56. The Bertz CT molecular complexity index is 399. The van der Waals surface area contributed by atoms with Gasteiger partial charge in [0.15, 0.2) is 0 Å². The van der Waals surface area contributed by atoms with Crippen molar-refractivity contribution in [3.8, 4) is 0 Å². The van der Waals surface area contributed by atoms with Gasteiger partial charge in [-0.2, -0.15) is 0 Å². The summed E-state index contributed by atoms with van der Waals surface area (Å²) in [5, 5.41) is 2.64. The van der Waals surface area contributed by atoms with Gasteiger partial charge in [0, 0.05) is 16.7 Å². The highest BCUT2D eigenvalue weighted by Crippen LogP contribution is 2.12. The number of amides is 1. The fourth-order valence-corrected chi connectivity index (χ4v) is 1.23. The maximum Gasteiger partial charge on any atom is 0.249 e. The van der Waals surface area contributed by atoms with E-state index in [1.54, 1.807) is 30.5 Å². The zero-order valence-electron chi connectivity index (χ0n) is 8.27. The Morgan fingerprint density at radius 3 is 3.00 bits per heavy atom. The number of nitrogens with zero attached hydrogens (tertiary/aromatic N) is 1. The summed E-state index contributed by atoms with van der Waals surface area (Å²) in [6.07, 6.45) is 8.38. The monoisotopic (exact) mass is 266 g/mol. The second-order valence-corrected chi connectivity index (χ2v) is 3.65. The lowest BCUT2D eigenvalue weighted by molar-refractivity contribution is -0.111. The minimum absolute atomic E-state index is 0.196. The topological polar surface area (TPSA) is 42.0 Å². The van der Waals surface area contributed by atoms with Crippen LogP contribution >= 0.6 is 15.9 Å². The predicted molar refractivity (Wildman–Crippen MR) is 64.5 cm³/mol. The number of hydrogen-bond donors (Lipinski definition) is 1. The molecule has 0 bridgehead atoms. The fourth-order valence-electron chi connectivity index (χ4n) is 0.895. The molecule has 0 aliphatic rings. The molecule has 1 rings (SSSR count). The van der Waals surface area contributed by atoms with Crippen molar-refractivity contribution in [1.29, 1.82) is 0 Å². The Kier molecular flexibility index (Phi) is 4.77. The number of halogens is 1. The summed E-state index contributed by atoms with van der Waals surface area (Å²) < 4.78 is 0.880. The molecule has 0 aliphatic heterocycles. The zero-order chi connectivity index (χ0) is 11.1. The van der Waals surface area contributed by atoms with E-state index >= 15 is 0 Å². The molecule has 1 aromatic heterocycles. The first-order valence-electron chi connectivity index (χ1n) is 4.44. The molecule has 15 heavy (non-hydrogen) atoms. The summed E-state index contributed by atoms with van der Waals surface area (Å²) in [5.74, 6) is 0.332. The van der Waals surface area contributed by atoms with E-state index in [4.69, 9.17) is 0 Å². The summed E-state index contributed by atoms with van der Waals surface area (Å²) in [5.41, 5.74) is 0. The molecule has 3 nitrogen and oxygen atoms in total. The van der Waals surface area contributed by atoms with Gasteiger partial charge in [0.2, 0.25) is 5.91 Å². The van der Waals surface area contributed by atoms with E-state index in [2.05, 4.69) is 26.2 Å². The van der Waals surface area contributed by atoms with E-state index in [1.165, 1.54) is 6.08 Å². The molecular weight excluding hydrogens is 256 g/mol. The minimum atomic E-state index is -0.196. The quantitative estimate of drug-likeness (QED) is 0.675. The molecule has 0 saturated carbocycles. The number of rotatable bonds is 3. The van der Waals surface area contributed by atoms with Gasteiger partial charge < -0.3 is 5.32 Å². The van der Waals surface area contributed by atoms with E-state index in [-0.39, 0.29) is 5.91 Å². The molecule has 0 fully saturated rings. The molecule has 0 atom stereocenters. The first-order chi connectivity index (χ1) is 7.22. The molecule has 0 aromatic carbocycles. The number of allylic oxidation sites excluding steroid dienone is 3. The molecule has 0 radical (unpaired) electrons. The van der Waals surface area contributed by atoms with Crippen LogP contribution in [0.25, 0.3) is 0 Å². The molecule has 4 heteroatoms. The van der Waals surface area contributed by atoms with Gasteiger partial charge in [-0.05, 0) is 19.1 Å². The summed E-state index contributed by atoms with van der Waals surface area (Å²) >= 11 is 3.30. The smallest absolute Gasteiger partial charge is 0.249 e. The number of carbonyl (C=O) groups excluding carboxylic acids is 1. The van der Waals surface area contributed by atoms with Crippen molar-refractivity contribution in [2.45, 2.75) is 6.92 Å². The van der Waals surface area contributed by atoms with Gasteiger partial charge in [-0.15, -0.1) is 0 Å². The molecule has 0 aliphatic carbocycles. The highest BCUT2D eigenvalue weighted by atomic mass is 79.9. The average Bonchev–Trinajstić information content (AvgIpc) is 2.18. The molecule has 0 unspecified atom stereocenters. The third-order valence-electron chi connectivity index (χ3n) is 1.52. The van der Waals surface area contributed by atoms with Crippen molar-refractivity contribution in [1.82, 2.24) is 4.98 Å². The average molecular weight is 267 g/mol. The standard InChI is InChI=1S/C11H11BrN2O/c1-2-3-4-5-11(15)14-10-8-9(12)6-7-13-10/h2-8H,1H3,(H,13,14,15). The van der Waals surface area contributed by atoms with Crippen LogP contribution in [-0.2, 0) is 4.79 Å². The van der Waals surface area contributed by atoms with Gasteiger partial charge in [0.1, 0.15) is 5.82 Å². The van der Waals surface area contributed by atoms with Crippen molar-refractivity contribution in [3.63, 3.8) is 0 Å². The number of pyridine rings is 1. The lowest BCUT2D eigenvalue weighted by Crippen LogP contribution is -2.08. The van der Waals surface area contributed by atoms with Gasteiger partial charge in [0.05, 0.1) is 0 Å². The van der Waals surface area contributed by atoms with Crippen LogP contribution in [0.1, 0.15) is 6.92 Å². The first kappa shape index (κ1) is 11.7. The first-order valence-corrected chi connectivity index (χ1v) is 5.23. The van der Waals surface area contributed by atoms with Gasteiger partial charge in [0.25, 0.3) is 0 Å². The fraction of sp³-hybridized carbons (Fsp3) is 0.0909. The highest BCUT2D eigenvalue weighted by molar-refractivity contribution is 9.10. The van der Waals surface area contributed by atoms with Crippen molar-refractivity contribution >= 4 is 27.7 Å². The van der Waals surface area contributed by atoms with Crippen LogP contribution in [0, 0.1) is 0 Å². The Hall–Kier alpha value is -1.42. The number of hydrogen-bond acceptors (Lipinski definition) is 2. The lowest BCUT2D eigenvalue weighted by atomic mass is 10.4. The Balaban J connectivity index is 2.59. The molecule has 0 saturated heterocycles. The number of anilines is 1. The Morgan fingerprint density at radius 1 is 1.53 bits per heavy atom. The molecule has 1 N–H and O–H groups in total. The number of aromatic nitrogens is 1. The van der Waals surface area contributed by atoms with Gasteiger partial charge in [-0.1, -0.05) is 34.2 Å². The maximum absolute atomic E-state index is 11.3. The predicted octanol–water partition coefficient (Wildman–Crippen LogP) is 2.91. The van der Waals surface area contributed by atoms with Crippen LogP contribution in [0.15, 0.2) is 47.1 Å². The highest BCUT2D eigenvalue weighted by Gasteiger charge is 1.98. The second-order valence-electron chi connectivity index (χ2n) is 2.73. The van der Waals surface area contributed by atoms with Gasteiger partial charge in [-0.25, -0.2) is 4.98 Å². The van der Waals surface area contributed by atoms with Crippen LogP contribution < -0.4 is 5.32 Å². The van der Waals surface area contributed by atoms with Crippen LogP contribution in [0.4, 0.5) is 5.82 Å². The van der Waals surface area contributed by atoms with Crippen molar-refractivity contribution in [2.24, 2.45) is 0 Å². The molecule has 1 amide bonds. The van der Waals surface area contributed by atoms with E-state index in [9.17, 15) is 4.79 Å². The maximum atomic E-state index is 11.3. The van der Waals surface area contributed by atoms with Crippen molar-refractivity contribution < 1.29 is 4.79 Å². The van der Waals surface area contributed by atoms with E-state index < -0.39 is 0 Å². The molecular formula is C11H11BrN2O. The molecule has 1 aromatic rings. The lowest BCUT2D eigenvalue weighted by Gasteiger charge is -2.00. The van der Waals surface area contributed by atoms with Gasteiger partial charge >= 0.3 is 0 Å². The summed E-state index contributed by atoms with van der Waals surface area (Å²) in [6.45, 7) is 1.89. The van der Waals surface area contributed by atoms with E-state index in [0.29, 0.717) is 5.82 Å². The normalized spacial score (nSPS) is 11.1. The minimum Gasteiger partial charge on any atom is -0.307 e. The summed E-state index contributed by atoms with van der Waals surface area (Å²) in [7, 11) is 0. The number of nitrogens with one attached hydrogen (secondary N) is 1. The van der Waals surface area contributed by atoms with Crippen molar-refractivity contribution in [3.05, 3.63) is 47.1 Å². The Labute approximate surface area is 97.0 Å². The van der Waals surface area contributed by atoms with E-state index in [1.807, 2.05) is 13.0 Å². The third-order valence-corrected chi connectivity index (χ3v) is 2.02. The van der Waals surface area contributed by atoms with E-state index in [0.717, 1.165) is 4.47 Å². The molecule has 1 heterocycles. The zero-order valence-corrected chi connectivity index (χ0v) is 9.86. The second kappa shape index (κ2) is 6.14. The van der Waals surface area contributed by atoms with Crippen LogP contribution in [0.5, 0.6) is 0 Å². The summed E-state index contributed by atoms with van der Waals surface area (Å²) in [4.78, 5) is 15.3.